The molecule has 1 amide bonds. The number of carbonyl (C=O) groups is 1. The largest absolute Gasteiger partial charge is 0.399 e. The zero-order valence-corrected chi connectivity index (χ0v) is 20.2. The van der Waals surface area contributed by atoms with Crippen molar-refractivity contribution in [2.45, 2.75) is 63.8 Å². The predicted octanol–water partition coefficient (Wildman–Crippen LogP) is -2.83. The topological polar surface area (TPSA) is 268 Å². The molecule has 0 aromatic carbocycles. The Labute approximate surface area is 195 Å². The third-order valence-corrected chi connectivity index (χ3v) is 5.08. The molecule has 0 radical (unpaired) electrons. The highest BCUT2D eigenvalue weighted by Crippen LogP contribution is 2.30. The van der Waals surface area contributed by atoms with Gasteiger partial charge in [0.25, 0.3) is 0 Å². The molecule has 0 aromatic rings. The van der Waals surface area contributed by atoms with Crippen molar-refractivity contribution in [3.05, 3.63) is 0 Å². The molecule has 0 aromatic heterocycles. The van der Waals surface area contributed by atoms with Crippen molar-refractivity contribution in [3.8, 4) is 0 Å². The maximum Gasteiger partial charge on any atom is 0.399 e. The normalized spacial score (nSPS) is 27.5. The Morgan fingerprint density at radius 3 is 1.97 bits per heavy atom. The minimum Gasteiger partial charge on any atom is -0.391 e. The first-order valence-electron chi connectivity index (χ1n) is 9.09. The molecule has 1 fully saturated rings. The van der Waals surface area contributed by atoms with Gasteiger partial charge >= 0.3 is 31.2 Å². The van der Waals surface area contributed by atoms with Gasteiger partial charge in [0.2, 0.25) is 12.2 Å². The van der Waals surface area contributed by atoms with Crippen molar-refractivity contribution < 1.29 is 75.6 Å². The highest BCUT2D eigenvalue weighted by Gasteiger charge is 2.52. The summed E-state index contributed by atoms with van der Waals surface area (Å²) >= 11 is 0. The lowest BCUT2D eigenvalue weighted by Gasteiger charge is -2.46. The SMILES string of the molecule is CC(=O)NC1C(OC(C)C)OC(COS(=O)(=O)O)C(OS(=O)(=O)O)C1O[C@H](CO)OS(=O)(=O)O. The molecular formula is C13H25NO17S3. The van der Waals surface area contributed by atoms with Crippen molar-refractivity contribution in [2.24, 2.45) is 0 Å². The summed E-state index contributed by atoms with van der Waals surface area (Å²) in [5, 5.41) is 11.6. The number of hydrogen-bond donors (Lipinski definition) is 5. The molecule has 6 atom stereocenters. The quantitative estimate of drug-likeness (QED) is 0.112. The third-order valence-electron chi connectivity index (χ3n) is 3.72. The second kappa shape index (κ2) is 12.2. The van der Waals surface area contributed by atoms with Crippen molar-refractivity contribution >= 4 is 37.1 Å². The van der Waals surface area contributed by atoms with Gasteiger partial charge in [-0.2, -0.15) is 25.3 Å². The van der Waals surface area contributed by atoms with Gasteiger partial charge in [-0.1, -0.05) is 0 Å². The van der Waals surface area contributed by atoms with Crippen LogP contribution in [0.3, 0.4) is 0 Å². The molecule has 0 aliphatic carbocycles. The number of rotatable bonds is 13. The monoisotopic (exact) mass is 563 g/mol. The van der Waals surface area contributed by atoms with E-state index in [0.717, 1.165) is 6.92 Å². The molecule has 0 bridgehead atoms. The number of amides is 1. The highest BCUT2D eigenvalue weighted by atomic mass is 32.3. The van der Waals surface area contributed by atoms with Crippen LogP contribution in [0.1, 0.15) is 20.8 Å². The van der Waals surface area contributed by atoms with Crippen LogP contribution in [0.2, 0.25) is 0 Å². The first kappa shape index (κ1) is 31.0. The summed E-state index contributed by atoms with van der Waals surface area (Å²) in [4.78, 5) is 11.8. The fraction of sp³-hybridized carbons (Fsp3) is 0.923. The van der Waals surface area contributed by atoms with Gasteiger partial charge in [0.15, 0.2) is 6.29 Å². The molecule has 1 saturated heterocycles. The number of nitrogens with one attached hydrogen (secondary N) is 1. The molecule has 5 unspecified atom stereocenters. The van der Waals surface area contributed by atoms with E-state index in [1.807, 2.05) is 0 Å². The van der Waals surface area contributed by atoms with Crippen LogP contribution >= 0.6 is 0 Å². The molecule has 34 heavy (non-hydrogen) atoms. The van der Waals surface area contributed by atoms with Crippen LogP contribution in [0.15, 0.2) is 0 Å². The Kier molecular flexibility index (Phi) is 11.1. The number of aliphatic hydroxyl groups is 1. The van der Waals surface area contributed by atoms with Gasteiger partial charge in [-0.3, -0.25) is 18.5 Å². The van der Waals surface area contributed by atoms with Crippen molar-refractivity contribution in [1.82, 2.24) is 5.32 Å². The van der Waals surface area contributed by atoms with Gasteiger partial charge in [0.05, 0.1) is 19.3 Å². The van der Waals surface area contributed by atoms with Crippen LogP contribution in [0, 0.1) is 0 Å². The van der Waals surface area contributed by atoms with E-state index < -0.39 is 93.4 Å². The number of aliphatic hydroxyl groups excluding tert-OH is 1. The van der Waals surface area contributed by atoms with Crippen molar-refractivity contribution in [2.75, 3.05) is 13.2 Å². The summed E-state index contributed by atoms with van der Waals surface area (Å²) in [6.45, 7) is 1.60. The standard InChI is InChI=1S/C13H25NO17S3/c1-6(2)27-13-10(14-7(3)16)12(29-9(4-15)30-33(20,21)22)11(31-34(23,24)25)8(28-13)5-26-32(17,18)19/h6,8-13,15H,4-5H2,1-3H3,(H,14,16)(H,17,18,19)(H,20,21,22)(H,23,24,25)/t8?,9-,10?,11?,12?,13?/m0/s1. The lowest BCUT2D eigenvalue weighted by molar-refractivity contribution is -0.296. The van der Waals surface area contributed by atoms with Crippen molar-refractivity contribution in [3.63, 3.8) is 0 Å². The summed E-state index contributed by atoms with van der Waals surface area (Å²) in [6.07, 6.45) is -10.4. The summed E-state index contributed by atoms with van der Waals surface area (Å²) in [5.74, 6) is -0.783. The zero-order chi connectivity index (χ0) is 26.5. The lowest BCUT2D eigenvalue weighted by atomic mass is 9.96. The van der Waals surface area contributed by atoms with Crippen LogP contribution < -0.4 is 5.32 Å². The first-order valence-corrected chi connectivity index (χ1v) is 13.2. The minimum atomic E-state index is -5.37. The number of carbonyl (C=O) groups excluding carboxylic acids is 1. The zero-order valence-electron chi connectivity index (χ0n) is 17.8. The van der Waals surface area contributed by atoms with E-state index in [-0.39, 0.29) is 0 Å². The van der Waals surface area contributed by atoms with E-state index in [9.17, 15) is 39.7 Å². The molecule has 1 rings (SSSR count). The minimum absolute atomic E-state index is 0.646. The van der Waals surface area contributed by atoms with E-state index in [4.69, 9.17) is 23.3 Å². The Morgan fingerprint density at radius 1 is 0.971 bits per heavy atom. The average molecular weight is 564 g/mol. The lowest BCUT2D eigenvalue weighted by Crippen LogP contribution is -2.67. The molecule has 1 heterocycles. The van der Waals surface area contributed by atoms with Crippen LogP contribution in [-0.2, 0) is 62.8 Å². The molecule has 0 spiro atoms. The maximum atomic E-state index is 11.8. The molecule has 5 N–H and O–H groups in total. The molecule has 202 valence electrons. The molecule has 1 aliphatic rings. The molecule has 18 nitrogen and oxygen atoms in total. The fourth-order valence-corrected chi connectivity index (χ4v) is 3.99. The predicted molar refractivity (Wildman–Crippen MR) is 105 cm³/mol. The number of hydrogen-bond acceptors (Lipinski definition) is 14. The van der Waals surface area contributed by atoms with Gasteiger partial charge in [-0.25, -0.2) is 12.5 Å². The van der Waals surface area contributed by atoms with E-state index in [1.54, 1.807) is 0 Å². The highest BCUT2D eigenvalue weighted by molar-refractivity contribution is 7.81. The maximum absolute atomic E-state index is 11.8. The summed E-state index contributed by atoms with van der Waals surface area (Å²) in [7, 11) is -15.7. The van der Waals surface area contributed by atoms with Gasteiger partial charge in [-0.15, -0.1) is 0 Å². The van der Waals surface area contributed by atoms with E-state index in [0.29, 0.717) is 0 Å². The summed E-state index contributed by atoms with van der Waals surface area (Å²) < 4.78 is 123. The second-order valence-corrected chi connectivity index (χ2v) is 10.1. The van der Waals surface area contributed by atoms with Crippen LogP contribution in [0.25, 0.3) is 0 Å². The van der Waals surface area contributed by atoms with Gasteiger partial charge in [0.1, 0.15) is 24.4 Å². The Morgan fingerprint density at radius 2 is 1.56 bits per heavy atom. The van der Waals surface area contributed by atoms with E-state index >= 15 is 0 Å². The van der Waals surface area contributed by atoms with Crippen molar-refractivity contribution in [1.29, 1.82) is 0 Å². The second-order valence-electron chi connectivity index (χ2n) is 6.89. The van der Waals surface area contributed by atoms with Crippen LogP contribution in [0.5, 0.6) is 0 Å². The van der Waals surface area contributed by atoms with Gasteiger partial charge < -0.3 is 24.6 Å². The third kappa shape index (κ3) is 11.6. The Hall–Kier alpha value is -1.08. The Balaban J connectivity index is 3.56. The van der Waals surface area contributed by atoms with Crippen LogP contribution in [0.4, 0.5) is 0 Å². The first-order chi connectivity index (χ1) is 15.3. The number of ether oxygens (including phenoxy) is 3. The smallest absolute Gasteiger partial charge is 0.391 e. The Bertz CT molecular complexity index is 994. The molecule has 21 heteroatoms. The van der Waals surface area contributed by atoms with Crippen LogP contribution in [-0.4, -0.2) is 106 Å². The summed E-state index contributed by atoms with van der Waals surface area (Å²) in [6, 6.07) is -1.58. The van der Waals surface area contributed by atoms with E-state index in [1.165, 1.54) is 13.8 Å². The molecular weight excluding hydrogens is 538 g/mol. The molecule has 0 saturated carbocycles. The van der Waals surface area contributed by atoms with Gasteiger partial charge in [0, 0.05) is 6.92 Å². The average Bonchev–Trinajstić information content (AvgIpc) is 2.60. The van der Waals surface area contributed by atoms with E-state index in [2.05, 4.69) is 17.9 Å². The van der Waals surface area contributed by atoms with Gasteiger partial charge in [-0.05, 0) is 13.8 Å². The fourth-order valence-electron chi connectivity index (χ4n) is 2.79. The molecule has 1 aliphatic heterocycles. The summed E-state index contributed by atoms with van der Waals surface area (Å²) in [5.41, 5.74) is 0.